The summed E-state index contributed by atoms with van der Waals surface area (Å²) >= 11 is 0. The van der Waals surface area contributed by atoms with Crippen LogP contribution in [0.15, 0.2) is 18.5 Å². The van der Waals surface area contributed by atoms with Gasteiger partial charge in [-0.1, -0.05) is 0 Å². The molecule has 92 valence electrons. The maximum atomic E-state index is 11.6. The average molecular weight is 237 g/mol. The third-order valence-electron chi connectivity index (χ3n) is 2.24. The van der Waals surface area contributed by atoms with Gasteiger partial charge < -0.3 is 9.47 Å². The molecule has 0 spiro atoms. The van der Waals surface area contributed by atoms with Crippen LogP contribution in [0.5, 0.6) is 5.75 Å². The van der Waals surface area contributed by atoms with Gasteiger partial charge in [-0.15, -0.1) is 0 Å². The van der Waals surface area contributed by atoms with Crippen molar-refractivity contribution in [3.8, 4) is 5.75 Å². The molecule has 1 rings (SSSR count). The maximum Gasteiger partial charge on any atom is 0.305 e. The molecule has 5 heteroatoms. The Balaban J connectivity index is 2.47. The quantitative estimate of drug-likeness (QED) is 0.694. The Kier molecular flexibility index (Phi) is 5.13. The number of ether oxygens (including phenoxy) is 2. The number of Topliss-reactive ketones (excluding diaryl/α,β-unsaturated/α-hetero) is 1. The zero-order valence-corrected chi connectivity index (χ0v) is 9.93. The summed E-state index contributed by atoms with van der Waals surface area (Å²) in [6.45, 7) is 0. The molecule has 0 aliphatic rings. The van der Waals surface area contributed by atoms with E-state index in [4.69, 9.17) is 4.74 Å². The van der Waals surface area contributed by atoms with Crippen molar-refractivity contribution in [1.82, 2.24) is 4.98 Å². The van der Waals surface area contributed by atoms with Crippen LogP contribution in [-0.2, 0) is 20.7 Å². The molecule has 0 radical (unpaired) electrons. The van der Waals surface area contributed by atoms with E-state index in [1.165, 1.54) is 7.11 Å². The molecule has 0 saturated heterocycles. The van der Waals surface area contributed by atoms with Gasteiger partial charge in [-0.25, -0.2) is 0 Å². The molecule has 1 aromatic heterocycles. The third kappa shape index (κ3) is 4.63. The molecule has 0 saturated carbocycles. The van der Waals surface area contributed by atoms with E-state index in [9.17, 15) is 9.59 Å². The minimum Gasteiger partial charge on any atom is -0.495 e. The van der Waals surface area contributed by atoms with Gasteiger partial charge in [0, 0.05) is 19.0 Å². The summed E-state index contributed by atoms with van der Waals surface area (Å²) < 4.78 is 9.47. The second-order valence-electron chi connectivity index (χ2n) is 3.52. The highest BCUT2D eigenvalue weighted by atomic mass is 16.5. The summed E-state index contributed by atoms with van der Waals surface area (Å²) in [7, 11) is 2.85. The lowest BCUT2D eigenvalue weighted by Gasteiger charge is -2.03. The molecule has 0 bridgehead atoms. The van der Waals surface area contributed by atoms with Crippen molar-refractivity contribution in [3.05, 3.63) is 24.0 Å². The largest absolute Gasteiger partial charge is 0.495 e. The minimum absolute atomic E-state index is 0.0227. The Labute approximate surface area is 99.8 Å². The molecule has 0 fully saturated rings. The van der Waals surface area contributed by atoms with E-state index in [-0.39, 0.29) is 31.0 Å². The van der Waals surface area contributed by atoms with Gasteiger partial charge >= 0.3 is 5.97 Å². The average Bonchev–Trinajstić information content (AvgIpc) is 2.36. The molecule has 0 unspecified atom stereocenters. The van der Waals surface area contributed by atoms with Crippen LogP contribution in [0.1, 0.15) is 18.4 Å². The van der Waals surface area contributed by atoms with Crippen LogP contribution in [0.3, 0.4) is 0 Å². The van der Waals surface area contributed by atoms with Gasteiger partial charge in [0.05, 0.1) is 26.8 Å². The highest BCUT2D eigenvalue weighted by molar-refractivity contribution is 5.84. The van der Waals surface area contributed by atoms with Gasteiger partial charge in [0.1, 0.15) is 11.5 Å². The van der Waals surface area contributed by atoms with E-state index in [0.717, 1.165) is 5.56 Å². The number of hydrogen-bond acceptors (Lipinski definition) is 5. The predicted octanol–water partition coefficient (Wildman–Crippen LogP) is 1.16. The van der Waals surface area contributed by atoms with Gasteiger partial charge in [-0.05, 0) is 11.6 Å². The number of pyridine rings is 1. The van der Waals surface area contributed by atoms with Crippen LogP contribution >= 0.6 is 0 Å². The van der Waals surface area contributed by atoms with E-state index in [1.54, 1.807) is 25.6 Å². The molecule has 0 aliphatic heterocycles. The first-order valence-electron chi connectivity index (χ1n) is 5.22. The zero-order valence-electron chi connectivity index (χ0n) is 9.93. The molecule has 1 heterocycles. The van der Waals surface area contributed by atoms with Gasteiger partial charge in [0.25, 0.3) is 0 Å². The van der Waals surface area contributed by atoms with Crippen LogP contribution in [0.25, 0.3) is 0 Å². The highest BCUT2D eigenvalue weighted by Gasteiger charge is 2.08. The summed E-state index contributed by atoms with van der Waals surface area (Å²) in [5.41, 5.74) is 0.777. The van der Waals surface area contributed by atoms with Crippen LogP contribution < -0.4 is 4.74 Å². The summed E-state index contributed by atoms with van der Waals surface area (Å²) in [5, 5.41) is 0. The topological polar surface area (TPSA) is 65.5 Å². The molecule has 0 N–H and O–H groups in total. The van der Waals surface area contributed by atoms with Crippen molar-refractivity contribution in [2.24, 2.45) is 0 Å². The standard InChI is InChI=1S/C12H15NO4/c1-16-11-6-9(7-13-8-11)5-10(14)3-4-12(15)17-2/h6-8H,3-5H2,1-2H3. The number of aromatic nitrogens is 1. The van der Waals surface area contributed by atoms with Gasteiger partial charge in [0.15, 0.2) is 0 Å². The number of ketones is 1. The molecule has 0 aromatic carbocycles. The molecule has 5 nitrogen and oxygen atoms in total. The molecule has 0 atom stereocenters. The zero-order chi connectivity index (χ0) is 12.7. The lowest BCUT2D eigenvalue weighted by atomic mass is 10.1. The van der Waals surface area contributed by atoms with Crippen molar-refractivity contribution in [2.75, 3.05) is 14.2 Å². The Morgan fingerprint density at radius 2 is 2.00 bits per heavy atom. The van der Waals surface area contributed by atoms with E-state index in [2.05, 4.69) is 9.72 Å². The molecular weight excluding hydrogens is 222 g/mol. The van der Waals surface area contributed by atoms with Crippen molar-refractivity contribution >= 4 is 11.8 Å². The monoisotopic (exact) mass is 237 g/mol. The first-order chi connectivity index (χ1) is 8.15. The van der Waals surface area contributed by atoms with Gasteiger partial charge in [0.2, 0.25) is 0 Å². The van der Waals surface area contributed by atoms with Gasteiger partial charge in [-0.3, -0.25) is 14.6 Å². The summed E-state index contributed by atoms with van der Waals surface area (Å²) in [6.07, 6.45) is 3.73. The fraction of sp³-hybridized carbons (Fsp3) is 0.417. The third-order valence-corrected chi connectivity index (χ3v) is 2.24. The van der Waals surface area contributed by atoms with Crippen LogP contribution in [-0.4, -0.2) is 31.0 Å². The summed E-state index contributed by atoms with van der Waals surface area (Å²) in [6, 6.07) is 1.75. The fourth-order valence-electron chi connectivity index (χ4n) is 1.33. The van der Waals surface area contributed by atoms with Crippen LogP contribution in [0.2, 0.25) is 0 Å². The van der Waals surface area contributed by atoms with E-state index in [1.807, 2.05) is 0 Å². The normalized spacial score (nSPS) is 9.76. The first kappa shape index (κ1) is 13.2. The number of carbonyl (C=O) groups excluding carboxylic acids is 2. The number of esters is 1. The molecule has 17 heavy (non-hydrogen) atoms. The van der Waals surface area contributed by atoms with Crippen LogP contribution in [0, 0.1) is 0 Å². The lowest BCUT2D eigenvalue weighted by molar-refractivity contribution is -0.141. The number of carbonyl (C=O) groups is 2. The SMILES string of the molecule is COC(=O)CCC(=O)Cc1cncc(OC)c1. The number of hydrogen-bond donors (Lipinski definition) is 0. The van der Waals surface area contributed by atoms with Crippen LogP contribution in [0.4, 0.5) is 0 Å². The number of nitrogens with zero attached hydrogens (tertiary/aromatic N) is 1. The smallest absolute Gasteiger partial charge is 0.305 e. The minimum atomic E-state index is -0.373. The van der Waals surface area contributed by atoms with Gasteiger partial charge in [-0.2, -0.15) is 0 Å². The Morgan fingerprint density at radius 1 is 1.24 bits per heavy atom. The second kappa shape index (κ2) is 6.62. The Morgan fingerprint density at radius 3 is 2.65 bits per heavy atom. The summed E-state index contributed by atoms with van der Waals surface area (Å²) in [4.78, 5) is 26.4. The predicted molar refractivity (Wildman–Crippen MR) is 60.8 cm³/mol. The summed E-state index contributed by atoms with van der Waals surface area (Å²) in [5.74, 6) is 0.218. The highest BCUT2D eigenvalue weighted by Crippen LogP contribution is 2.11. The van der Waals surface area contributed by atoms with Crippen molar-refractivity contribution in [2.45, 2.75) is 19.3 Å². The van der Waals surface area contributed by atoms with E-state index < -0.39 is 0 Å². The van der Waals surface area contributed by atoms with E-state index in [0.29, 0.717) is 5.75 Å². The second-order valence-corrected chi connectivity index (χ2v) is 3.52. The first-order valence-corrected chi connectivity index (χ1v) is 5.22. The van der Waals surface area contributed by atoms with Crippen molar-refractivity contribution in [1.29, 1.82) is 0 Å². The number of methoxy groups -OCH3 is 2. The van der Waals surface area contributed by atoms with E-state index >= 15 is 0 Å². The lowest BCUT2D eigenvalue weighted by Crippen LogP contribution is -2.08. The maximum absolute atomic E-state index is 11.6. The fourth-order valence-corrected chi connectivity index (χ4v) is 1.33. The Hall–Kier alpha value is -1.91. The number of rotatable bonds is 6. The molecular formula is C12H15NO4. The molecule has 1 aromatic rings. The Bertz CT molecular complexity index is 403. The molecule has 0 aliphatic carbocycles. The van der Waals surface area contributed by atoms with Crippen molar-refractivity contribution in [3.63, 3.8) is 0 Å². The van der Waals surface area contributed by atoms with Crippen molar-refractivity contribution < 1.29 is 19.1 Å². The molecule has 0 amide bonds.